The molecule has 0 amide bonds. The molecule has 0 spiro atoms. The van der Waals surface area contributed by atoms with Crippen LogP contribution in [0.4, 0.5) is 0 Å². The van der Waals surface area contributed by atoms with Crippen LogP contribution in [0.15, 0.2) is 11.2 Å². The molecule has 0 aliphatic carbocycles. The van der Waals surface area contributed by atoms with Gasteiger partial charge in [-0.25, -0.2) is 13.4 Å². The first-order valence-electron chi connectivity index (χ1n) is 6.55. The van der Waals surface area contributed by atoms with Crippen LogP contribution in [-0.2, 0) is 10.0 Å². The Morgan fingerprint density at radius 3 is 2.74 bits per heavy atom. The summed E-state index contributed by atoms with van der Waals surface area (Å²) in [6.07, 6.45) is 1.43. The maximum atomic E-state index is 12.4. The lowest BCUT2D eigenvalue weighted by molar-refractivity contribution is 0.0604. The number of aromatic nitrogens is 2. The van der Waals surface area contributed by atoms with E-state index < -0.39 is 16.1 Å². The predicted molar refractivity (Wildman–Crippen MR) is 71.2 cm³/mol. The third kappa shape index (κ3) is 2.82. The lowest BCUT2D eigenvalue weighted by Gasteiger charge is -2.32. The molecule has 2 unspecified atom stereocenters. The number of nitrogens with one attached hydrogen (secondary N) is 1. The lowest BCUT2D eigenvalue weighted by atomic mass is 9.98. The zero-order valence-electron chi connectivity index (χ0n) is 11.5. The van der Waals surface area contributed by atoms with Gasteiger partial charge in [-0.3, -0.25) is 0 Å². The molecule has 1 aromatic rings. The number of H-pyrrole nitrogens is 1. The van der Waals surface area contributed by atoms with Crippen LogP contribution in [0.2, 0.25) is 0 Å². The molecule has 19 heavy (non-hydrogen) atoms. The largest absolute Gasteiger partial charge is 0.391 e. The number of hydrogen-bond acceptors (Lipinski definition) is 4. The molecule has 1 aromatic heterocycles. The molecule has 1 aliphatic heterocycles. The second kappa shape index (κ2) is 5.22. The van der Waals surface area contributed by atoms with Crippen molar-refractivity contribution in [3.05, 3.63) is 12.0 Å². The Kier molecular flexibility index (Phi) is 3.98. The summed E-state index contributed by atoms with van der Waals surface area (Å²) in [5.41, 5.74) is 0. The standard InChI is InChI=1S/C12H21N3O3S/c1-8(2)12-13-6-11(14-12)19(17,18)15-5-4-9(3)10(16)7-15/h6,8-10,16H,4-5,7H2,1-3H3,(H,13,14). The highest BCUT2D eigenvalue weighted by Crippen LogP contribution is 2.23. The summed E-state index contributed by atoms with van der Waals surface area (Å²) >= 11 is 0. The number of β-amino-alcohol motifs (C(OH)–C–C–N with tert-alkyl or cyclic N) is 1. The third-order valence-corrected chi connectivity index (χ3v) is 5.39. The van der Waals surface area contributed by atoms with Crippen molar-refractivity contribution >= 4 is 10.0 Å². The Morgan fingerprint density at radius 1 is 1.53 bits per heavy atom. The number of rotatable bonds is 3. The number of hydrogen-bond donors (Lipinski definition) is 2. The molecule has 108 valence electrons. The van der Waals surface area contributed by atoms with Crippen molar-refractivity contribution in [2.75, 3.05) is 13.1 Å². The van der Waals surface area contributed by atoms with E-state index in [-0.39, 0.29) is 23.4 Å². The molecule has 6 nitrogen and oxygen atoms in total. The number of aliphatic hydroxyl groups excluding tert-OH is 1. The maximum Gasteiger partial charge on any atom is 0.260 e. The number of sulfonamides is 1. The van der Waals surface area contributed by atoms with Gasteiger partial charge in [0.05, 0.1) is 12.3 Å². The third-order valence-electron chi connectivity index (χ3n) is 3.62. The Hall–Kier alpha value is -0.920. The van der Waals surface area contributed by atoms with E-state index in [2.05, 4.69) is 9.97 Å². The van der Waals surface area contributed by atoms with Crippen molar-refractivity contribution in [3.63, 3.8) is 0 Å². The van der Waals surface area contributed by atoms with Gasteiger partial charge in [0.2, 0.25) is 0 Å². The summed E-state index contributed by atoms with van der Waals surface area (Å²) in [5, 5.41) is 9.93. The number of aliphatic hydroxyl groups is 1. The predicted octanol–water partition coefficient (Wildman–Crippen LogP) is 0.925. The Balaban J connectivity index is 2.22. The maximum absolute atomic E-state index is 12.4. The number of imidazole rings is 1. The van der Waals surface area contributed by atoms with Crippen molar-refractivity contribution in [2.24, 2.45) is 5.92 Å². The van der Waals surface area contributed by atoms with E-state index in [0.29, 0.717) is 18.8 Å². The average molecular weight is 287 g/mol. The molecule has 2 heterocycles. The highest BCUT2D eigenvalue weighted by Gasteiger charge is 2.33. The van der Waals surface area contributed by atoms with Gasteiger partial charge in [0, 0.05) is 19.0 Å². The van der Waals surface area contributed by atoms with Gasteiger partial charge in [0.25, 0.3) is 10.0 Å². The van der Waals surface area contributed by atoms with Crippen molar-refractivity contribution in [2.45, 2.75) is 44.2 Å². The van der Waals surface area contributed by atoms with E-state index in [9.17, 15) is 13.5 Å². The van der Waals surface area contributed by atoms with Crippen LogP contribution in [0, 0.1) is 5.92 Å². The number of nitrogens with zero attached hydrogens (tertiary/aromatic N) is 2. The molecule has 1 aliphatic rings. The van der Waals surface area contributed by atoms with Gasteiger partial charge in [-0.15, -0.1) is 0 Å². The highest BCUT2D eigenvalue weighted by atomic mass is 32.2. The van der Waals surface area contributed by atoms with Gasteiger partial charge in [0.1, 0.15) is 5.82 Å². The summed E-state index contributed by atoms with van der Waals surface area (Å²) < 4.78 is 26.2. The molecule has 0 bridgehead atoms. The van der Waals surface area contributed by atoms with Crippen LogP contribution in [0.5, 0.6) is 0 Å². The molecule has 0 radical (unpaired) electrons. The molecule has 2 atom stereocenters. The highest BCUT2D eigenvalue weighted by molar-refractivity contribution is 7.89. The van der Waals surface area contributed by atoms with Crippen LogP contribution >= 0.6 is 0 Å². The van der Waals surface area contributed by atoms with E-state index in [1.165, 1.54) is 10.5 Å². The number of piperidine rings is 1. The SMILES string of the molecule is CC(C)c1ncc(S(=O)(=O)N2CCC(C)C(O)C2)[nH]1. The quantitative estimate of drug-likeness (QED) is 0.865. The minimum Gasteiger partial charge on any atom is -0.391 e. The van der Waals surface area contributed by atoms with Crippen molar-refractivity contribution in [3.8, 4) is 0 Å². The Labute approximate surface area is 113 Å². The molecule has 0 aromatic carbocycles. The van der Waals surface area contributed by atoms with E-state index in [0.717, 1.165) is 0 Å². The van der Waals surface area contributed by atoms with Crippen LogP contribution in [0.3, 0.4) is 0 Å². The van der Waals surface area contributed by atoms with E-state index >= 15 is 0 Å². The molecule has 2 rings (SSSR count). The Bertz CT molecular complexity index is 538. The fourth-order valence-electron chi connectivity index (χ4n) is 2.12. The first kappa shape index (κ1) is 14.5. The fourth-order valence-corrected chi connectivity index (χ4v) is 3.51. The van der Waals surface area contributed by atoms with Gasteiger partial charge in [-0.2, -0.15) is 4.31 Å². The minimum absolute atomic E-state index is 0.109. The summed E-state index contributed by atoms with van der Waals surface area (Å²) in [7, 11) is -3.58. The summed E-state index contributed by atoms with van der Waals surface area (Å²) in [6.45, 7) is 6.42. The van der Waals surface area contributed by atoms with E-state index in [1.807, 2.05) is 20.8 Å². The molecule has 1 fully saturated rings. The fraction of sp³-hybridized carbons (Fsp3) is 0.750. The zero-order chi connectivity index (χ0) is 14.2. The second-order valence-electron chi connectivity index (χ2n) is 5.48. The minimum atomic E-state index is -3.58. The van der Waals surface area contributed by atoms with E-state index in [4.69, 9.17) is 0 Å². The molecule has 0 saturated carbocycles. The van der Waals surface area contributed by atoms with Crippen molar-refractivity contribution in [1.29, 1.82) is 0 Å². The second-order valence-corrected chi connectivity index (χ2v) is 7.39. The van der Waals surface area contributed by atoms with Gasteiger partial charge < -0.3 is 10.1 Å². The summed E-state index contributed by atoms with van der Waals surface area (Å²) in [6, 6.07) is 0. The average Bonchev–Trinajstić information content (AvgIpc) is 2.82. The molecule has 1 saturated heterocycles. The van der Waals surface area contributed by atoms with Crippen LogP contribution in [0.1, 0.15) is 38.9 Å². The van der Waals surface area contributed by atoms with Gasteiger partial charge >= 0.3 is 0 Å². The first-order chi connectivity index (χ1) is 8.82. The van der Waals surface area contributed by atoms with E-state index in [1.54, 1.807) is 0 Å². The molecular formula is C12H21N3O3S. The first-order valence-corrected chi connectivity index (χ1v) is 7.99. The summed E-state index contributed by atoms with van der Waals surface area (Å²) in [4.78, 5) is 6.94. The monoisotopic (exact) mass is 287 g/mol. The zero-order valence-corrected chi connectivity index (χ0v) is 12.3. The molecular weight excluding hydrogens is 266 g/mol. The molecule has 7 heteroatoms. The molecule has 2 N–H and O–H groups in total. The van der Waals surface area contributed by atoms with Crippen molar-refractivity contribution < 1.29 is 13.5 Å². The van der Waals surface area contributed by atoms with Crippen LogP contribution in [-0.4, -0.2) is 47.0 Å². The van der Waals surface area contributed by atoms with Gasteiger partial charge in [-0.05, 0) is 12.3 Å². The number of aromatic amines is 1. The topological polar surface area (TPSA) is 86.3 Å². The van der Waals surface area contributed by atoms with Crippen LogP contribution < -0.4 is 0 Å². The Morgan fingerprint density at radius 2 is 2.21 bits per heavy atom. The van der Waals surface area contributed by atoms with Gasteiger partial charge in [0.15, 0.2) is 5.03 Å². The lowest BCUT2D eigenvalue weighted by Crippen LogP contribution is -2.45. The summed E-state index contributed by atoms with van der Waals surface area (Å²) in [5.74, 6) is 0.944. The van der Waals surface area contributed by atoms with Gasteiger partial charge in [-0.1, -0.05) is 20.8 Å². The normalized spacial score (nSPS) is 25.9. The smallest absolute Gasteiger partial charge is 0.260 e. The van der Waals surface area contributed by atoms with Crippen LogP contribution in [0.25, 0.3) is 0 Å². The van der Waals surface area contributed by atoms with Crippen molar-refractivity contribution in [1.82, 2.24) is 14.3 Å².